The third-order valence-corrected chi connectivity index (χ3v) is 5.57. The summed E-state index contributed by atoms with van der Waals surface area (Å²) in [6.07, 6.45) is 8.12. The number of amides is 1. The van der Waals surface area contributed by atoms with Gasteiger partial charge in [0, 0.05) is 24.7 Å². The Kier molecular flexibility index (Phi) is 5.47. The SMILES string of the molecule is O=C(c1cccc2cccnc12)N(Cc1ccccc1)CC1CCCCC1. The minimum atomic E-state index is 0.0914. The second-order valence-electron chi connectivity index (χ2n) is 7.56. The molecule has 0 spiro atoms. The van der Waals surface area contributed by atoms with Gasteiger partial charge in [-0.2, -0.15) is 0 Å². The third-order valence-electron chi connectivity index (χ3n) is 5.57. The molecule has 1 saturated carbocycles. The van der Waals surface area contributed by atoms with Crippen LogP contribution in [0.25, 0.3) is 10.9 Å². The maximum Gasteiger partial charge on any atom is 0.256 e. The standard InChI is InChI=1S/C24H26N2O/c27-24(22-15-7-13-21-14-8-16-25-23(21)22)26(17-19-9-3-1-4-10-19)18-20-11-5-2-6-12-20/h1,3-4,7-10,13-16,20H,2,5-6,11-12,17-18H2. The number of rotatable bonds is 5. The first kappa shape index (κ1) is 17.7. The number of hydrogen-bond donors (Lipinski definition) is 0. The number of nitrogens with zero attached hydrogens (tertiary/aromatic N) is 2. The summed E-state index contributed by atoms with van der Waals surface area (Å²) in [6.45, 7) is 1.48. The van der Waals surface area contributed by atoms with Crippen LogP contribution in [0.5, 0.6) is 0 Å². The summed E-state index contributed by atoms with van der Waals surface area (Å²) in [5, 5.41) is 1.01. The summed E-state index contributed by atoms with van der Waals surface area (Å²) < 4.78 is 0. The van der Waals surface area contributed by atoms with Crippen molar-refractivity contribution in [2.45, 2.75) is 38.6 Å². The number of carbonyl (C=O) groups is 1. The average molecular weight is 358 g/mol. The molecule has 0 radical (unpaired) electrons. The number of benzene rings is 2. The molecule has 0 aliphatic heterocycles. The van der Waals surface area contributed by atoms with Crippen molar-refractivity contribution in [2.24, 2.45) is 5.92 Å². The van der Waals surface area contributed by atoms with Crippen LogP contribution in [0.15, 0.2) is 66.9 Å². The van der Waals surface area contributed by atoms with E-state index in [-0.39, 0.29) is 5.91 Å². The van der Waals surface area contributed by atoms with Gasteiger partial charge in [-0.3, -0.25) is 9.78 Å². The fourth-order valence-electron chi connectivity index (χ4n) is 4.15. The van der Waals surface area contributed by atoms with Crippen molar-refractivity contribution in [2.75, 3.05) is 6.54 Å². The van der Waals surface area contributed by atoms with E-state index in [2.05, 4.69) is 17.1 Å². The van der Waals surface area contributed by atoms with Gasteiger partial charge in [-0.05, 0) is 36.5 Å². The van der Waals surface area contributed by atoms with Crippen LogP contribution in [-0.2, 0) is 6.54 Å². The zero-order valence-corrected chi connectivity index (χ0v) is 15.7. The maximum absolute atomic E-state index is 13.5. The highest BCUT2D eigenvalue weighted by Crippen LogP contribution is 2.26. The number of hydrogen-bond acceptors (Lipinski definition) is 2. The molecule has 0 atom stereocenters. The second-order valence-corrected chi connectivity index (χ2v) is 7.56. The third kappa shape index (κ3) is 4.19. The zero-order chi connectivity index (χ0) is 18.5. The lowest BCUT2D eigenvalue weighted by Crippen LogP contribution is -2.35. The molecule has 0 bridgehead atoms. The number of aromatic nitrogens is 1. The Hall–Kier alpha value is -2.68. The van der Waals surface area contributed by atoms with E-state index in [4.69, 9.17) is 0 Å². The average Bonchev–Trinajstić information content (AvgIpc) is 2.74. The van der Waals surface area contributed by atoms with Gasteiger partial charge in [-0.25, -0.2) is 0 Å². The van der Waals surface area contributed by atoms with Crippen molar-refractivity contribution in [3.8, 4) is 0 Å². The summed E-state index contributed by atoms with van der Waals surface area (Å²) in [5.74, 6) is 0.697. The highest BCUT2D eigenvalue weighted by atomic mass is 16.2. The Morgan fingerprint density at radius 3 is 2.52 bits per heavy atom. The monoisotopic (exact) mass is 358 g/mol. The number of pyridine rings is 1. The molecule has 27 heavy (non-hydrogen) atoms. The normalized spacial score (nSPS) is 15.0. The highest BCUT2D eigenvalue weighted by Gasteiger charge is 2.23. The van der Waals surface area contributed by atoms with Crippen LogP contribution in [-0.4, -0.2) is 22.3 Å². The van der Waals surface area contributed by atoms with Gasteiger partial charge >= 0.3 is 0 Å². The zero-order valence-electron chi connectivity index (χ0n) is 15.7. The molecule has 1 fully saturated rings. The Morgan fingerprint density at radius 1 is 0.926 bits per heavy atom. The Labute approximate surface area is 161 Å². The van der Waals surface area contributed by atoms with Crippen molar-refractivity contribution in [1.82, 2.24) is 9.88 Å². The van der Waals surface area contributed by atoms with Gasteiger partial charge < -0.3 is 4.90 Å². The molecular formula is C24H26N2O. The van der Waals surface area contributed by atoms with Crippen molar-refractivity contribution >= 4 is 16.8 Å². The minimum Gasteiger partial charge on any atom is -0.334 e. The van der Waals surface area contributed by atoms with Crippen LogP contribution < -0.4 is 0 Å². The first-order chi connectivity index (χ1) is 13.3. The molecule has 4 rings (SSSR count). The second kappa shape index (κ2) is 8.34. The van der Waals surface area contributed by atoms with E-state index < -0.39 is 0 Å². The van der Waals surface area contributed by atoms with Crippen molar-refractivity contribution in [3.05, 3.63) is 78.0 Å². The highest BCUT2D eigenvalue weighted by molar-refractivity contribution is 6.05. The van der Waals surface area contributed by atoms with E-state index in [0.29, 0.717) is 18.0 Å². The van der Waals surface area contributed by atoms with E-state index >= 15 is 0 Å². The Morgan fingerprint density at radius 2 is 1.70 bits per heavy atom. The summed E-state index contributed by atoms with van der Waals surface area (Å²) in [5.41, 5.74) is 2.68. The topological polar surface area (TPSA) is 33.2 Å². The number of carbonyl (C=O) groups excluding carboxylic acids is 1. The van der Waals surface area contributed by atoms with Crippen LogP contribution in [0.2, 0.25) is 0 Å². The summed E-state index contributed by atoms with van der Waals surface area (Å²) in [6, 6.07) is 20.1. The van der Waals surface area contributed by atoms with Crippen LogP contribution in [0.3, 0.4) is 0 Å². The lowest BCUT2D eigenvalue weighted by molar-refractivity contribution is 0.0701. The maximum atomic E-state index is 13.5. The van der Waals surface area contributed by atoms with Gasteiger partial charge in [-0.1, -0.05) is 67.8 Å². The van der Waals surface area contributed by atoms with Crippen LogP contribution in [0.1, 0.15) is 48.0 Å². The summed E-state index contributed by atoms with van der Waals surface area (Å²) >= 11 is 0. The smallest absolute Gasteiger partial charge is 0.256 e. The molecule has 1 aliphatic rings. The molecule has 1 aliphatic carbocycles. The molecule has 1 amide bonds. The molecule has 0 saturated heterocycles. The predicted molar refractivity (Wildman–Crippen MR) is 110 cm³/mol. The van der Waals surface area contributed by atoms with Crippen molar-refractivity contribution < 1.29 is 4.79 Å². The van der Waals surface area contributed by atoms with Crippen LogP contribution in [0, 0.1) is 5.92 Å². The van der Waals surface area contributed by atoms with Gasteiger partial charge in [0.1, 0.15) is 0 Å². The molecule has 3 heteroatoms. The molecule has 1 aromatic heterocycles. The quantitative estimate of drug-likeness (QED) is 0.607. The first-order valence-corrected chi connectivity index (χ1v) is 9.98. The molecular weight excluding hydrogens is 332 g/mol. The summed E-state index contributed by atoms with van der Waals surface area (Å²) in [7, 11) is 0. The molecule has 1 heterocycles. The molecule has 3 aromatic rings. The van der Waals surface area contributed by atoms with E-state index in [0.717, 1.165) is 17.4 Å². The van der Waals surface area contributed by atoms with Crippen LogP contribution in [0.4, 0.5) is 0 Å². The van der Waals surface area contributed by atoms with Crippen LogP contribution >= 0.6 is 0 Å². The fourth-order valence-corrected chi connectivity index (χ4v) is 4.15. The van der Waals surface area contributed by atoms with Gasteiger partial charge in [0.05, 0.1) is 11.1 Å². The van der Waals surface area contributed by atoms with Crippen molar-refractivity contribution in [1.29, 1.82) is 0 Å². The van der Waals surface area contributed by atoms with Gasteiger partial charge in [0.25, 0.3) is 5.91 Å². The van der Waals surface area contributed by atoms with Gasteiger partial charge in [0.15, 0.2) is 0 Å². The van der Waals surface area contributed by atoms with Gasteiger partial charge in [0.2, 0.25) is 0 Å². The van der Waals surface area contributed by atoms with E-state index in [1.807, 2.05) is 53.4 Å². The molecule has 0 unspecified atom stereocenters. The minimum absolute atomic E-state index is 0.0914. The van der Waals surface area contributed by atoms with E-state index in [9.17, 15) is 4.79 Å². The van der Waals surface area contributed by atoms with E-state index in [1.54, 1.807) is 6.20 Å². The summed E-state index contributed by atoms with van der Waals surface area (Å²) in [4.78, 5) is 20.1. The van der Waals surface area contributed by atoms with E-state index in [1.165, 1.54) is 37.7 Å². The molecule has 2 aromatic carbocycles. The van der Waals surface area contributed by atoms with Gasteiger partial charge in [-0.15, -0.1) is 0 Å². The first-order valence-electron chi connectivity index (χ1n) is 9.98. The van der Waals surface area contributed by atoms with Crippen molar-refractivity contribution in [3.63, 3.8) is 0 Å². The number of fused-ring (bicyclic) bond motifs is 1. The predicted octanol–water partition coefficient (Wildman–Crippen LogP) is 5.46. The fraction of sp³-hybridized carbons (Fsp3) is 0.333. The molecule has 138 valence electrons. The Bertz CT molecular complexity index is 895. The molecule has 3 nitrogen and oxygen atoms in total. The Balaban J connectivity index is 1.64. The molecule has 0 N–H and O–H groups in total. The largest absolute Gasteiger partial charge is 0.334 e. The lowest BCUT2D eigenvalue weighted by atomic mass is 9.88. The number of para-hydroxylation sites is 1. The lowest BCUT2D eigenvalue weighted by Gasteiger charge is -2.30.